The van der Waals surface area contributed by atoms with E-state index in [-0.39, 0.29) is 0 Å². The highest BCUT2D eigenvalue weighted by molar-refractivity contribution is 9.09. The number of hydrogen-bond donors (Lipinski definition) is 0. The molecule has 0 N–H and O–H groups in total. The van der Waals surface area contributed by atoms with E-state index >= 15 is 0 Å². The maximum atomic E-state index is 3.71. The molecule has 14 heavy (non-hydrogen) atoms. The van der Waals surface area contributed by atoms with Crippen molar-refractivity contribution in [2.24, 2.45) is 0 Å². The number of hydrogen-bond acceptors (Lipinski definition) is 0. The lowest BCUT2D eigenvalue weighted by molar-refractivity contribution is 0.584. The molecule has 0 fully saturated rings. The lowest BCUT2D eigenvalue weighted by Crippen LogP contribution is -2.08. The second-order valence-electron chi connectivity index (χ2n) is 3.84. The van der Waals surface area contributed by atoms with Crippen molar-refractivity contribution in [1.82, 2.24) is 0 Å². The summed E-state index contributed by atoms with van der Waals surface area (Å²) < 4.78 is 0. The second kappa shape index (κ2) is 6.23. The van der Waals surface area contributed by atoms with Gasteiger partial charge in [0.1, 0.15) is 0 Å². The molecule has 78 valence electrons. The van der Waals surface area contributed by atoms with Gasteiger partial charge in [-0.05, 0) is 17.9 Å². The van der Waals surface area contributed by atoms with Crippen LogP contribution in [0.2, 0.25) is 0 Å². The monoisotopic (exact) mass is 254 g/mol. The van der Waals surface area contributed by atoms with Crippen LogP contribution in [0.25, 0.3) is 0 Å². The summed E-state index contributed by atoms with van der Waals surface area (Å²) in [4.78, 5) is 0.566. The first-order valence-corrected chi connectivity index (χ1v) is 6.36. The fraction of sp³-hybridized carbons (Fsp3) is 0.538. The Morgan fingerprint density at radius 3 is 2.36 bits per heavy atom. The van der Waals surface area contributed by atoms with Crippen LogP contribution in [0.15, 0.2) is 30.3 Å². The molecule has 0 aliphatic carbocycles. The summed E-state index contributed by atoms with van der Waals surface area (Å²) in [6.07, 6.45) is 3.88. The van der Waals surface area contributed by atoms with Gasteiger partial charge in [-0.2, -0.15) is 0 Å². The molecular formula is C13H19Br. The lowest BCUT2D eigenvalue weighted by Gasteiger charge is -2.19. The second-order valence-corrected chi connectivity index (χ2v) is 5.28. The third-order valence-corrected chi connectivity index (χ3v) is 3.29. The van der Waals surface area contributed by atoms with Crippen LogP contribution in [0.5, 0.6) is 0 Å². The van der Waals surface area contributed by atoms with Gasteiger partial charge < -0.3 is 0 Å². The van der Waals surface area contributed by atoms with E-state index in [2.05, 4.69) is 60.1 Å². The first kappa shape index (κ1) is 11.8. The van der Waals surface area contributed by atoms with Gasteiger partial charge in [-0.25, -0.2) is 0 Å². The first-order chi connectivity index (χ1) is 6.75. The fourth-order valence-electron chi connectivity index (χ4n) is 1.79. The Morgan fingerprint density at radius 2 is 1.86 bits per heavy atom. The van der Waals surface area contributed by atoms with Crippen LogP contribution in [0.3, 0.4) is 0 Å². The van der Waals surface area contributed by atoms with Gasteiger partial charge in [0.2, 0.25) is 0 Å². The molecule has 2 atom stereocenters. The van der Waals surface area contributed by atoms with E-state index in [9.17, 15) is 0 Å². The summed E-state index contributed by atoms with van der Waals surface area (Å²) in [6.45, 7) is 4.49. The molecule has 0 aliphatic heterocycles. The van der Waals surface area contributed by atoms with Crippen molar-refractivity contribution >= 4 is 15.9 Å². The third-order valence-electron chi connectivity index (χ3n) is 2.65. The molecule has 0 aliphatic rings. The molecule has 2 unspecified atom stereocenters. The van der Waals surface area contributed by atoms with Gasteiger partial charge in [0.05, 0.1) is 0 Å². The molecule has 0 saturated carbocycles. The average molecular weight is 255 g/mol. The molecule has 1 rings (SSSR count). The number of halogens is 1. The Bertz CT molecular complexity index is 241. The fourth-order valence-corrected chi connectivity index (χ4v) is 2.36. The highest BCUT2D eigenvalue weighted by Gasteiger charge is 2.15. The smallest absolute Gasteiger partial charge is 0.0186 e. The molecule has 0 bridgehead atoms. The van der Waals surface area contributed by atoms with Crippen LogP contribution < -0.4 is 0 Å². The normalized spacial score (nSPS) is 15.1. The van der Waals surface area contributed by atoms with Gasteiger partial charge in [-0.15, -0.1) is 0 Å². The topological polar surface area (TPSA) is 0 Å². The van der Waals surface area contributed by atoms with Crippen molar-refractivity contribution in [3.63, 3.8) is 0 Å². The van der Waals surface area contributed by atoms with Crippen molar-refractivity contribution < 1.29 is 0 Å². The highest BCUT2D eigenvalue weighted by Crippen LogP contribution is 2.29. The zero-order valence-corrected chi connectivity index (χ0v) is 10.6. The molecule has 0 aromatic heterocycles. The maximum Gasteiger partial charge on any atom is 0.0186 e. The molecule has 0 saturated heterocycles. The molecule has 0 radical (unpaired) electrons. The van der Waals surface area contributed by atoms with Gasteiger partial charge in [-0.3, -0.25) is 0 Å². The number of rotatable bonds is 5. The number of unbranched alkanes of at least 4 members (excludes halogenated alkanes) is 1. The van der Waals surface area contributed by atoms with E-state index in [1.54, 1.807) is 0 Å². The Morgan fingerprint density at radius 1 is 1.21 bits per heavy atom. The van der Waals surface area contributed by atoms with Crippen LogP contribution in [-0.4, -0.2) is 4.83 Å². The molecule has 0 heterocycles. The zero-order valence-electron chi connectivity index (χ0n) is 9.04. The first-order valence-electron chi connectivity index (χ1n) is 5.44. The minimum absolute atomic E-state index is 0.566. The minimum atomic E-state index is 0.566. The van der Waals surface area contributed by atoms with Crippen molar-refractivity contribution in [2.75, 3.05) is 0 Å². The minimum Gasteiger partial charge on any atom is -0.0887 e. The number of benzene rings is 1. The van der Waals surface area contributed by atoms with Crippen molar-refractivity contribution in [1.29, 1.82) is 0 Å². The SMILES string of the molecule is CCCCC(c1ccccc1)C(C)Br. The van der Waals surface area contributed by atoms with Crippen LogP contribution in [0.4, 0.5) is 0 Å². The lowest BCUT2D eigenvalue weighted by atomic mass is 9.91. The summed E-state index contributed by atoms with van der Waals surface area (Å²) in [5.41, 5.74) is 1.46. The quantitative estimate of drug-likeness (QED) is 0.666. The van der Waals surface area contributed by atoms with Crippen LogP contribution in [0, 0.1) is 0 Å². The Hall–Kier alpha value is -0.300. The number of alkyl halides is 1. The van der Waals surface area contributed by atoms with E-state index in [1.165, 1.54) is 24.8 Å². The van der Waals surface area contributed by atoms with Crippen LogP contribution >= 0.6 is 15.9 Å². The average Bonchev–Trinajstić information content (AvgIpc) is 2.19. The largest absolute Gasteiger partial charge is 0.0887 e. The van der Waals surface area contributed by atoms with Crippen LogP contribution in [0.1, 0.15) is 44.6 Å². The molecule has 1 aromatic rings. The molecule has 1 heteroatoms. The van der Waals surface area contributed by atoms with Crippen molar-refractivity contribution in [2.45, 2.75) is 43.9 Å². The summed E-state index contributed by atoms with van der Waals surface area (Å²) in [7, 11) is 0. The molecule has 0 amide bonds. The Kier molecular flexibility index (Phi) is 5.24. The molecule has 0 nitrogen and oxygen atoms in total. The van der Waals surface area contributed by atoms with Gasteiger partial charge in [0, 0.05) is 4.83 Å². The molecule has 1 aromatic carbocycles. The third kappa shape index (κ3) is 3.45. The molecular weight excluding hydrogens is 236 g/mol. The van der Waals surface area contributed by atoms with E-state index in [0.29, 0.717) is 10.7 Å². The maximum absolute atomic E-state index is 3.71. The summed E-state index contributed by atoms with van der Waals surface area (Å²) in [5.74, 6) is 0.663. The Balaban J connectivity index is 2.68. The molecule has 0 spiro atoms. The summed E-state index contributed by atoms with van der Waals surface area (Å²) in [6, 6.07) is 10.8. The van der Waals surface area contributed by atoms with Crippen molar-refractivity contribution in [3.05, 3.63) is 35.9 Å². The predicted molar refractivity (Wildman–Crippen MR) is 67.1 cm³/mol. The summed E-state index contributed by atoms with van der Waals surface area (Å²) in [5, 5.41) is 0. The van der Waals surface area contributed by atoms with Crippen LogP contribution in [-0.2, 0) is 0 Å². The highest BCUT2D eigenvalue weighted by atomic mass is 79.9. The zero-order chi connectivity index (χ0) is 10.4. The summed E-state index contributed by atoms with van der Waals surface area (Å²) >= 11 is 3.71. The van der Waals surface area contributed by atoms with E-state index in [1.807, 2.05) is 0 Å². The van der Waals surface area contributed by atoms with Gasteiger partial charge in [-0.1, -0.05) is 73.0 Å². The van der Waals surface area contributed by atoms with Gasteiger partial charge in [0.25, 0.3) is 0 Å². The van der Waals surface area contributed by atoms with Gasteiger partial charge >= 0.3 is 0 Å². The van der Waals surface area contributed by atoms with E-state index < -0.39 is 0 Å². The standard InChI is InChI=1S/C13H19Br/c1-3-4-10-13(11(2)14)12-8-6-5-7-9-12/h5-9,11,13H,3-4,10H2,1-2H3. The van der Waals surface area contributed by atoms with Gasteiger partial charge in [0.15, 0.2) is 0 Å². The Labute approximate surface area is 95.9 Å². The van der Waals surface area contributed by atoms with E-state index in [4.69, 9.17) is 0 Å². The van der Waals surface area contributed by atoms with E-state index in [0.717, 1.165) is 0 Å². The predicted octanol–water partition coefficient (Wildman–Crippen LogP) is 4.74. The van der Waals surface area contributed by atoms with Crippen molar-refractivity contribution in [3.8, 4) is 0 Å².